The maximum Gasteiger partial charge on any atom is 0.232 e. The van der Waals surface area contributed by atoms with Crippen LogP contribution in [0.3, 0.4) is 0 Å². The fourth-order valence-electron chi connectivity index (χ4n) is 1.66. The van der Waals surface area contributed by atoms with E-state index in [1.165, 1.54) is 11.8 Å². The van der Waals surface area contributed by atoms with Crippen LogP contribution in [-0.4, -0.2) is 40.3 Å². The van der Waals surface area contributed by atoms with Gasteiger partial charge >= 0.3 is 0 Å². The van der Waals surface area contributed by atoms with E-state index in [2.05, 4.69) is 20.8 Å². The Morgan fingerprint density at radius 1 is 1.30 bits per heavy atom. The Morgan fingerprint density at radius 2 is 2.05 bits per heavy atom. The molecule has 0 aliphatic heterocycles. The average molecular weight is 277 g/mol. The first kappa shape index (κ1) is 13.8. The maximum absolute atomic E-state index is 11.9. The molecule has 106 valence electrons. The van der Waals surface area contributed by atoms with Crippen LogP contribution in [-0.2, 0) is 18.3 Å². The molecule has 2 rings (SSSR count). The molecule has 1 aromatic heterocycles. The number of nitrogens with one attached hydrogen (secondary N) is 1. The molecule has 0 aliphatic rings. The van der Waals surface area contributed by atoms with Crippen molar-refractivity contribution < 1.29 is 14.3 Å². The van der Waals surface area contributed by atoms with Crippen LogP contribution < -0.4 is 14.8 Å². The van der Waals surface area contributed by atoms with E-state index in [1.54, 1.807) is 32.4 Å². The molecule has 0 spiro atoms. The first-order valence-electron chi connectivity index (χ1n) is 5.87. The molecule has 0 fully saturated rings. The van der Waals surface area contributed by atoms with Crippen LogP contribution in [0.15, 0.2) is 18.2 Å². The number of anilines is 1. The minimum absolute atomic E-state index is 0.0951. The predicted octanol–water partition coefficient (Wildman–Crippen LogP) is 0.408. The molecule has 0 bridgehead atoms. The van der Waals surface area contributed by atoms with E-state index in [4.69, 9.17) is 9.47 Å². The average Bonchev–Trinajstić information content (AvgIpc) is 2.84. The lowest BCUT2D eigenvalue weighted by atomic mass is 10.2. The van der Waals surface area contributed by atoms with Gasteiger partial charge in [-0.2, -0.15) is 0 Å². The number of aryl methyl sites for hydroxylation is 1. The largest absolute Gasteiger partial charge is 0.493 e. The van der Waals surface area contributed by atoms with Gasteiger partial charge in [-0.1, -0.05) is 0 Å². The molecule has 0 aliphatic carbocycles. The molecule has 20 heavy (non-hydrogen) atoms. The second kappa shape index (κ2) is 6.00. The van der Waals surface area contributed by atoms with Gasteiger partial charge in [0.1, 0.15) is 0 Å². The summed E-state index contributed by atoms with van der Waals surface area (Å²) in [6, 6.07) is 5.14. The van der Waals surface area contributed by atoms with Gasteiger partial charge in [0.2, 0.25) is 5.91 Å². The molecule has 0 radical (unpaired) electrons. The maximum atomic E-state index is 11.9. The number of carbonyl (C=O) groups excluding carboxylic acids is 1. The third-order valence-corrected chi connectivity index (χ3v) is 2.69. The molecule has 0 atom stereocenters. The summed E-state index contributed by atoms with van der Waals surface area (Å²) in [6.45, 7) is 0. The van der Waals surface area contributed by atoms with Gasteiger partial charge in [-0.3, -0.25) is 4.79 Å². The highest BCUT2D eigenvalue weighted by molar-refractivity contribution is 5.92. The molecule has 0 saturated carbocycles. The number of aromatic nitrogens is 4. The zero-order valence-electron chi connectivity index (χ0n) is 11.5. The smallest absolute Gasteiger partial charge is 0.232 e. The predicted molar refractivity (Wildman–Crippen MR) is 70.7 cm³/mol. The van der Waals surface area contributed by atoms with E-state index in [0.717, 1.165) is 0 Å². The number of carbonyl (C=O) groups is 1. The number of ether oxygens (including phenoxy) is 2. The zero-order valence-corrected chi connectivity index (χ0v) is 11.5. The van der Waals surface area contributed by atoms with Gasteiger partial charge in [0.15, 0.2) is 17.3 Å². The lowest BCUT2D eigenvalue weighted by Gasteiger charge is -2.10. The summed E-state index contributed by atoms with van der Waals surface area (Å²) >= 11 is 0. The Balaban J connectivity index is 2.06. The molecule has 1 aromatic carbocycles. The molecule has 1 N–H and O–H groups in total. The minimum Gasteiger partial charge on any atom is -0.493 e. The lowest BCUT2D eigenvalue weighted by molar-refractivity contribution is -0.115. The van der Waals surface area contributed by atoms with Crippen LogP contribution in [0.1, 0.15) is 5.82 Å². The van der Waals surface area contributed by atoms with Gasteiger partial charge in [-0.15, -0.1) is 5.10 Å². The van der Waals surface area contributed by atoms with Gasteiger partial charge in [0.05, 0.1) is 20.6 Å². The number of tetrazole rings is 1. The van der Waals surface area contributed by atoms with Crippen molar-refractivity contribution in [3.8, 4) is 11.5 Å². The second-order valence-corrected chi connectivity index (χ2v) is 4.01. The van der Waals surface area contributed by atoms with Gasteiger partial charge < -0.3 is 14.8 Å². The number of rotatable bonds is 5. The van der Waals surface area contributed by atoms with Gasteiger partial charge in [0, 0.05) is 18.8 Å². The van der Waals surface area contributed by atoms with Crippen LogP contribution >= 0.6 is 0 Å². The summed E-state index contributed by atoms with van der Waals surface area (Å²) in [7, 11) is 4.77. The van der Waals surface area contributed by atoms with E-state index in [0.29, 0.717) is 23.0 Å². The van der Waals surface area contributed by atoms with Crippen molar-refractivity contribution in [1.29, 1.82) is 0 Å². The van der Waals surface area contributed by atoms with E-state index in [-0.39, 0.29) is 12.3 Å². The number of methoxy groups -OCH3 is 2. The van der Waals surface area contributed by atoms with Gasteiger partial charge in [-0.05, 0) is 22.6 Å². The molecule has 0 unspecified atom stereocenters. The SMILES string of the molecule is COc1ccc(NC(=O)Cc2nnnn2C)cc1OC. The van der Waals surface area contributed by atoms with Crippen molar-refractivity contribution in [2.24, 2.45) is 7.05 Å². The zero-order chi connectivity index (χ0) is 14.5. The summed E-state index contributed by atoms with van der Waals surface area (Å²) in [4.78, 5) is 11.9. The van der Waals surface area contributed by atoms with E-state index >= 15 is 0 Å². The normalized spacial score (nSPS) is 10.2. The first-order chi connectivity index (χ1) is 9.63. The Morgan fingerprint density at radius 3 is 2.65 bits per heavy atom. The van der Waals surface area contributed by atoms with Crippen LogP contribution in [0, 0.1) is 0 Å². The van der Waals surface area contributed by atoms with Crippen LogP contribution in [0.5, 0.6) is 11.5 Å². The molecule has 1 amide bonds. The third-order valence-electron chi connectivity index (χ3n) is 2.69. The number of hydrogen-bond donors (Lipinski definition) is 1. The van der Waals surface area contributed by atoms with Crippen molar-refractivity contribution >= 4 is 11.6 Å². The number of nitrogens with zero attached hydrogens (tertiary/aromatic N) is 4. The number of hydrogen-bond acceptors (Lipinski definition) is 6. The Bertz CT molecular complexity index is 611. The summed E-state index contributed by atoms with van der Waals surface area (Å²) < 4.78 is 11.8. The van der Waals surface area contributed by atoms with Crippen molar-refractivity contribution in [2.75, 3.05) is 19.5 Å². The number of benzene rings is 1. The topological polar surface area (TPSA) is 91.2 Å². The fraction of sp³-hybridized carbons (Fsp3) is 0.333. The molecule has 8 heteroatoms. The summed E-state index contributed by atoms with van der Waals surface area (Å²) in [5.74, 6) is 1.42. The van der Waals surface area contributed by atoms with Crippen LogP contribution in [0.4, 0.5) is 5.69 Å². The Labute approximate surface area is 115 Å². The van der Waals surface area contributed by atoms with E-state index in [9.17, 15) is 4.79 Å². The second-order valence-electron chi connectivity index (χ2n) is 4.01. The molecule has 2 aromatic rings. The van der Waals surface area contributed by atoms with Crippen LogP contribution in [0.25, 0.3) is 0 Å². The highest BCUT2D eigenvalue weighted by Gasteiger charge is 2.11. The van der Waals surface area contributed by atoms with Crippen LogP contribution in [0.2, 0.25) is 0 Å². The summed E-state index contributed by atoms with van der Waals surface area (Å²) in [6.07, 6.45) is 0.0951. The quantitative estimate of drug-likeness (QED) is 0.851. The monoisotopic (exact) mass is 277 g/mol. The van der Waals surface area contributed by atoms with Crippen molar-refractivity contribution in [3.05, 3.63) is 24.0 Å². The van der Waals surface area contributed by atoms with Crippen molar-refractivity contribution in [2.45, 2.75) is 6.42 Å². The van der Waals surface area contributed by atoms with Gasteiger partial charge in [0.25, 0.3) is 0 Å². The molecular weight excluding hydrogens is 262 g/mol. The third kappa shape index (κ3) is 3.02. The summed E-state index contributed by atoms with van der Waals surface area (Å²) in [5, 5.41) is 13.6. The standard InChI is InChI=1S/C12H15N5O3/c1-17-11(14-15-16-17)7-12(18)13-8-4-5-9(19-2)10(6-8)20-3/h4-6H,7H2,1-3H3,(H,13,18). The first-order valence-corrected chi connectivity index (χ1v) is 5.87. The Kier molecular flexibility index (Phi) is 4.14. The Hall–Kier alpha value is -2.64. The van der Waals surface area contributed by atoms with Crippen molar-refractivity contribution in [1.82, 2.24) is 20.2 Å². The summed E-state index contributed by atoms with van der Waals surface area (Å²) in [5.41, 5.74) is 0.614. The molecule has 0 saturated heterocycles. The number of amides is 1. The molecule has 8 nitrogen and oxygen atoms in total. The van der Waals surface area contributed by atoms with Gasteiger partial charge in [-0.25, -0.2) is 4.68 Å². The fourth-order valence-corrected chi connectivity index (χ4v) is 1.66. The lowest BCUT2D eigenvalue weighted by Crippen LogP contribution is -2.17. The molecular formula is C12H15N5O3. The minimum atomic E-state index is -0.213. The highest BCUT2D eigenvalue weighted by atomic mass is 16.5. The van der Waals surface area contributed by atoms with E-state index in [1.807, 2.05) is 0 Å². The molecule has 1 heterocycles. The van der Waals surface area contributed by atoms with Crippen molar-refractivity contribution in [3.63, 3.8) is 0 Å². The highest BCUT2D eigenvalue weighted by Crippen LogP contribution is 2.29. The van der Waals surface area contributed by atoms with E-state index < -0.39 is 0 Å².